The van der Waals surface area contributed by atoms with E-state index in [4.69, 9.17) is 16.4 Å². The number of likely N-dealkylation sites (tertiary alicyclic amines) is 3. The van der Waals surface area contributed by atoms with Crippen molar-refractivity contribution in [2.24, 2.45) is 11.8 Å². The van der Waals surface area contributed by atoms with Gasteiger partial charge in [-0.1, -0.05) is 17.7 Å². The fourth-order valence-electron chi connectivity index (χ4n) is 4.91. The van der Waals surface area contributed by atoms with Gasteiger partial charge >= 0.3 is 6.09 Å². The van der Waals surface area contributed by atoms with Crippen molar-refractivity contribution in [1.29, 1.82) is 0 Å². The first kappa shape index (κ1) is 21.2. The molecular weight excluding hydrogens is 436 g/mol. The van der Waals surface area contributed by atoms with Gasteiger partial charge in [-0.25, -0.2) is 4.79 Å². The molecule has 4 aliphatic heterocycles. The van der Waals surface area contributed by atoms with Crippen LogP contribution in [0.2, 0.25) is 5.02 Å². The highest BCUT2D eigenvalue weighted by Crippen LogP contribution is 2.33. The van der Waals surface area contributed by atoms with Crippen molar-refractivity contribution in [3.63, 3.8) is 0 Å². The van der Waals surface area contributed by atoms with E-state index in [-0.39, 0.29) is 18.7 Å². The van der Waals surface area contributed by atoms with Crippen molar-refractivity contribution in [3.8, 4) is 0 Å². The van der Waals surface area contributed by atoms with Crippen LogP contribution in [-0.4, -0.2) is 82.8 Å². The van der Waals surface area contributed by atoms with E-state index in [0.717, 1.165) is 38.2 Å². The minimum absolute atomic E-state index is 0.0321. The molecule has 2 unspecified atom stereocenters. The lowest BCUT2D eigenvalue weighted by Gasteiger charge is -2.31. The van der Waals surface area contributed by atoms with Crippen molar-refractivity contribution in [2.45, 2.75) is 25.8 Å². The number of fused-ring (bicyclic) bond motifs is 1. The third kappa shape index (κ3) is 3.95. The number of hydrogen-bond donors (Lipinski definition) is 0. The highest BCUT2D eigenvalue weighted by molar-refractivity contribution is 6.31. The molecule has 4 saturated heterocycles. The fraction of sp³-hybridized carbons (Fsp3) is 0.545. The lowest BCUT2D eigenvalue weighted by atomic mass is 10.0. The van der Waals surface area contributed by atoms with E-state index in [2.05, 4.69) is 4.90 Å². The predicted molar refractivity (Wildman–Crippen MR) is 113 cm³/mol. The molecule has 2 atom stereocenters. The molecule has 4 aliphatic rings. The maximum atomic E-state index is 12.4. The van der Waals surface area contributed by atoms with Crippen LogP contribution < -0.4 is 0 Å². The Morgan fingerprint density at radius 2 is 1.62 bits per heavy atom. The molecular formula is C22H25ClN4O5. The smallest absolute Gasteiger partial charge is 0.339 e. The van der Waals surface area contributed by atoms with Gasteiger partial charge in [0, 0.05) is 69.2 Å². The molecule has 170 valence electrons. The van der Waals surface area contributed by atoms with Gasteiger partial charge in [0.1, 0.15) is 0 Å². The second-order valence-corrected chi connectivity index (χ2v) is 9.42. The summed E-state index contributed by atoms with van der Waals surface area (Å²) in [5.74, 6) is -0.298. The van der Waals surface area contributed by atoms with Gasteiger partial charge in [0.2, 0.25) is 0 Å². The largest absolute Gasteiger partial charge is 0.434 e. The molecule has 0 radical (unpaired) electrons. The number of rotatable bonds is 4. The SMILES string of the molecule is O=C(ON1C(=O)CCC1=O)N1CC2CN(Cc3ccc(C(=O)N4CCC4)cc3Cl)CC2C1. The monoisotopic (exact) mass is 460 g/mol. The molecule has 1 aromatic carbocycles. The number of hydrogen-bond acceptors (Lipinski definition) is 6. The van der Waals surface area contributed by atoms with Crippen LogP contribution in [0.4, 0.5) is 4.79 Å². The Hall–Kier alpha value is -2.65. The third-order valence-corrected chi connectivity index (χ3v) is 7.18. The average molecular weight is 461 g/mol. The summed E-state index contributed by atoms with van der Waals surface area (Å²) in [4.78, 5) is 58.8. The topological polar surface area (TPSA) is 90.5 Å². The van der Waals surface area contributed by atoms with Crippen molar-refractivity contribution in [2.75, 3.05) is 39.3 Å². The maximum absolute atomic E-state index is 12.4. The molecule has 9 nitrogen and oxygen atoms in total. The van der Waals surface area contributed by atoms with Crippen LogP contribution >= 0.6 is 11.6 Å². The summed E-state index contributed by atoms with van der Waals surface area (Å²) in [5, 5.41) is 1.19. The van der Waals surface area contributed by atoms with Crippen molar-refractivity contribution in [1.82, 2.24) is 19.8 Å². The molecule has 0 aliphatic carbocycles. The molecule has 5 rings (SSSR count). The number of carbonyl (C=O) groups excluding carboxylic acids is 4. The number of benzene rings is 1. The van der Waals surface area contributed by atoms with Gasteiger partial charge in [-0.05, 0) is 36.0 Å². The van der Waals surface area contributed by atoms with E-state index >= 15 is 0 Å². The third-order valence-electron chi connectivity index (χ3n) is 6.83. The number of nitrogens with zero attached hydrogens (tertiary/aromatic N) is 4. The Bertz CT molecular complexity index is 951. The van der Waals surface area contributed by atoms with E-state index in [1.807, 2.05) is 17.0 Å². The molecule has 0 spiro atoms. The Morgan fingerprint density at radius 3 is 2.19 bits per heavy atom. The van der Waals surface area contributed by atoms with Crippen LogP contribution in [0.1, 0.15) is 35.2 Å². The second-order valence-electron chi connectivity index (χ2n) is 9.01. The van der Waals surface area contributed by atoms with Crippen molar-refractivity contribution < 1.29 is 24.0 Å². The van der Waals surface area contributed by atoms with Gasteiger partial charge in [-0.3, -0.25) is 19.3 Å². The zero-order valence-electron chi connectivity index (χ0n) is 17.7. The summed E-state index contributed by atoms with van der Waals surface area (Å²) >= 11 is 6.48. The molecule has 0 bridgehead atoms. The summed E-state index contributed by atoms with van der Waals surface area (Å²) in [7, 11) is 0. The molecule has 32 heavy (non-hydrogen) atoms. The van der Waals surface area contributed by atoms with E-state index in [1.165, 1.54) is 0 Å². The van der Waals surface area contributed by atoms with Crippen LogP contribution in [0.3, 0.4) is 0 Å². The Labute approximate surface area is 190 Å². The van der Waals surface area contributed by atoms with Crippen molar-refractivity contribution >= 4 is 35.4 Å². The molecule has 0 N–H and O–H groups in total. The summed E-state index contributed by atoms with van der Waals surface area (Å²) in [6.07, 6.45) is 0.586. The number of halogens is 1. The van der Waals surface area contributed by atoms with E-state index in [1.54, 1.807) is 11.0 Å². The molecule has 4 fully saturated rings. The second kappa shape index (κ2) is 8.37. The van der Waals surface area contributed by atoms with Crippen LogP contribution in [0.15, 0.2) is 18.2 Å². The van der Waals surface area contributed by atoms with Gasteiger partial charge in [0.05, 0.1) is 0 Å². The minimum Gasteiger partial charge on any atom is -0.339 e. The van der Waals surface area contributed by atoms with Crippen molar-refractivity contribution in [3.05, 3.63) is 34.3 Å². The first-order valence-electron chi connectivity index (χ1n) is 11.0. The predicted octanol–water partition coefficient (Wildman–Crippen LogP) is 1.75. The van der Waals surface area contributed by atoms with E-state index in [0.29, 0.717) is 47.1 Å². The minimum atomic E-state index is -0.639. The maximum Gasteiger partial charge on any atom is 0.434 e. The van der Waals surface area contributed by atoms with Crippen LogP contribution in [0, 0.1) is 11.8 Å². The number of imide groups is 1. The summed E-state index contributed by atoms with van der Waals surface area (Å²) < 4.78 is 0. The van der Waals surface area contributed by atoms with Crippen LogP contribution in [0.25, 0.3) is 0 Å². The lowest BCUT2D eigenvalue weighted by molar-refractivity contribution is -0.173. The molecule has 1 aromatic rings. The highest BCUT2D eigenvalue weighted by atomic mass is 35.5. The van der Waals surface area contributed by atoms with Crippen LogP contribution in [-0.2, 0) is 21.0 Å². The zero-order valence-corrected chi connectivity index (χ0v) is 18.4. The Morgan fingerprint density at radius 1 is 0.969 bits per heavy atom. The van der Waals surface area contributed by atoms with Gasteiger partial charge in [-0.15, -0.1) is 5.06 Å². The van der Waals surface area contributed by atoms with Gasteiger partial charge in [0.25, 0.3) is 17.7 Å². The van der Waals surface area contributed by atoms with E-state index in [9.17, 15) is 19.2 Å². The van der Waals surface area contributed by atoms with Gasteiger partial charge in [-0.2, -0.15) is 0 Å². The summed E-state index contributed by atoms with van der Waals surface area (Å²) in [6, 6.07) is 5.53. The Balaban J connectivity index is 1.14. The average Bonchev–Trinajstić information content (AvgIpc) is 3.37. The first-order valence-corrected chi connectivity index (χ1v) is 11.4. The summed E-state index contributed by atoms with van der Waals surface area (Å²) in [5.41, 5.74) is 1.61. The normalized spacial score (nSPS) is 25.3. The summed E-state index contributed by atoms with van der Waals surface area (Å²) in [6.45, 7) is 5.02. The number of hydroxylamine groups is 2. The Kier molecular flexibility index (Phi) is 5.54. The standard InChI is InChI=1S/C22H25ClN4O5/c23-18-8-14(21(30)25-6-1-7-25)2-3-15(18)9-24-10-16-12-26(13-17(16)11-24)22(31)32-27-19(28)4-5-20(27)29/h2-3,8,16-17H,1,4-7,9-13H2. The number of amides is 4. The fourth-order valence-corrected chi connectivity index (χ4v) is 5.15. The van der Waals surface area contributed by atoms with Gasteiger partial charge in [0.15, 0.2) is 0 Å². The molecule has 4 heterocycles. The molecule has 4 amide bonds. The zero-order chi connectivity index (χ0) is 22.4. The molecule has 10 heteroatoms. The quantitative estimate of drug-likeness (QED) is 0.636. The highest BCUT2D eigenvalue weighted by Gasteiger charge is 2.43. The lowest BCUT2D eigenvalue weighted by Crippen LogP contribution is -2.42. The number of carbonyl (C=O) groups is 4. The van der Waals surface area contributed by atoms with Gasteiger partial charge < -0.3 is 14.6 Å². The first-order chi connectivity index (χ1) is 15.4. The van der Waals surface area contributed by atoms with Crippen LogP contribution in [0.5, 0.6) is 0 Å². The molecule has 0 aromatic heterocycles. The molecule has 0 saturated carbocycles. The van der Waals surface area contributed by atoms with E-state index < -0.39 is 17.9 Å².